The van der Waals surface area contributed by atoms with Crippen molar-refractivity contribution in [2.75, 3.05) is 42.6 Å². The van der Waals surface area contributed by atoms with Gasteiger partial charge in [0.05, 0.1) is 19.0 Å². The maximum atomic E-state index is 14.4. The molecule has 2 aliphatic heterocycles. The summed E-state index contributed by atoms with van der Waals surface area (Å²) in [7, 11) is 0. The van der Waals surface area contributed by atoms with E-state index in [-0.39, 0.29) is 23.7 Å². The van der Waals surface area contributed by atoms with Gasteiger partial charge in [-0.15, -0.1) is 0 Å². The Morgan fingerprint density at radius 2 is 1.92 bits per heavy atom. The first-order valence-electron chi connectivity index (χ1n) is 12.4. The molecule has 0 aliphatic carbocycles. The lowest BCUT2D eigenvalue weighted by Crippen LogP contribution is -2.35. The number of anilines is 2. The number of hydrogen-bond donors (Lipinski definition) is 1. The summed E-state index contributed by atoms with van der Waals surface area (Å²) in [6.45, 7) is 7.49. The summed E-state index contributed by atoms with van der Waals surface area (Å²) in [5.74, 6) is 2.11. The van der Waals surface area contributed by atoms with E-state index < -0.39 is 0 Å². The van der Waals surface area contributed by atoms with Crippen molar-refractivity contribution in [3.63, 3.8) is 0 Å². The minimum absolute atomic E-state index is 0.156. The van der Waals surface area contributed by atoms with Crippen LogP contribution in [0.2, 0.25) is 5.02 Å². The van der Waals surface area contributed by atoms with Gasteiger partial charge in [0.15, 0.2) is 11.6 Å². The van der Waals surface area contributed by atoms with Crippen molar-refractivity contribution in [3.05, 3.63) is 52.8 Å². The minimum atomic E-state index is -0.335. The van der Waals surface area contributed by atoms with Gasteiger partial charge in [-0.3, -0.25) is 0 Å². The molecule has 2 fully saturated rings. The predicted octanol–water partition coefficient (Wildman–Crippen LogP) is 4.00. The van der Waals surface area contributed by atoms with Crippen molar-refractivity contribution >= 4 is 23.6 Å². The molecule has 0 unspecified atom stereocenters. The van der Waals surface area contributed by atoms with Gasteiger partial charge in [-0.05, 0) is 36.5 Å². The van der Waals surface area contributed by atoms with Crippen LogP contribution in [0.1, 0.15) is 49.9 Å². The molecule has 1 aromatic carbocycles. The fourth-order valence-corrected chi connectivity index (χ4v) is 4.92. The molecule has 192 valence electrons. The SMILES string of the molecule is CC(C)c1noc(N2CCC(COc3cnc(N4C[C@H](c5ccc(Cl)cc5F)[C@@H](N)C4)nc3)CC2)n1. The lowest BCUT2D eigenvalue weighted by atomic mass is 9.94. The number of aromatic nitrogens is 4. The first kappa shape index (κ1) is 24.7. The van der Waals surface area contributed by atoms with Gasteiger partial charge in [-0.2, -0.15) is 4.98 Å². The third-order valence-corrected chi connectivity index (χ3v) is 7.18. The standard InChI is InChI=1S/C25H31ClFN7O2/c1-15(2)23-31-25(36-32-23)33-7-5-16(6-8-33)14-35-18-10-29-24(30-11-18)34-12-20(22(28)13-34)19-4-3-17(26)9-21(19)27/h3-4,9-11,15-16,20,22H,5-8,12-14,28H2,1-2H3/t20-,22+/m1/s1. The third kappa shape index (κ3) is 5.39. The maximum Gasteiger partial charge on any atom is 0.324 e. The van der Waals surface area contributed by atoms with Crippen LogP contribution in [-0.2, 0) is 0 Å². The highest BCUT2D eigenvalue weighted by Gasteiger charge is 2.34. The smallest absolute Gasteiger partial charge is 0.324 e. The van der Waals surface area contributed by atoms with E-state index in [4.69, 9.17) is 26.6 Å². The zero-order valence-electron chi connectivity index (χ0n) is 20.5. The second kappa shape index (κ2) is 10.6. The van der Waals surface area contributed by atoms with E-state index >= 15 is 0 Å². The molecule has 2 N–H and O–H groups in total. The fourth-order valence-electron chi connectivity index (χ4n) is 4.77. The van der Waals surface area contributed by atoms with Crippen molar-refractivity contribution < 1.29 is 13.7 Å². The average molecular weight is 516 g/mol. The predicted molar refractivity (Wildman–Crippen MR) is 135 cm³/mol. The van der Waals surface area contributed by atoms with Crippen LogP contribution in [0, 0.1) is 11.7 Å². The van der Waals surface area contributed by atoms with Gasteiger partial charge >= 0.3 is 6.01 Å². The number of hydrogen-bond acceptors (Lipinski definition) is 9. The van der Waals surface area contributed by atoms with E-state index in [1.165, 1.54) is 6.07 Å². The number of benzene rings is 1. The van der Waals surface area contributed by atoms with Crippen molar-refractivity contribution in [3.8, 4) is 5.75 Å². The second-order valence-corrected chi connectivity index (χ2v) is 10.3. The zero-order chi connectivity index (χ0) is 25.2. The van der Waals surface area contributed by atoms with Crippen LogP contribution >= 0.6 is 11.6 Å². The Morgan fingerprint density at radius 3 is 2.58 bits per heavy atom. The molecular formula is C25H31ClFN7O2. The van der Waals surface area contributed by atoms with E-state index in [2.05, 4.69) is 25.0 Å². The van der Waals surface area contributed by atoms with E-state index in [0.717, 1.165) is 31.8 Å². The molecule has 3 aromatic rings. The van der Waals surface area contributed by atoms with Crippen LogP contribution < -0.4 is 20.3 Å². The van der Waals surface area contributed by atoms with Gasteiger partial charge in [-0.25, -0.2) is 14.4 Å². The van der Waals surface area contributed by atoms with Crippen molar-refractivity contribution in [1.82, 2.24) is 20.1 Å². The fraction of sp³-hybridized carbons (Fsp3) is 0.520. The monoisotopic (exact) mass is 515 g/mol. The number of rotatable bonds is 7. The minimum Gasteiger partial charge on any atom is -0.490 e. The van der Waals surface area contributed by atoms with E-state index in [1.54, 1.807) is 24.5 Å². The highest BCUT2D eigenvalue weighted by Crippen LogP contribution is 2.32. The van der Waals surface area contributed by atoms with Gasteiger partial charge in [0.2, 0.25) is 5.95 Å². The number of nitrogens with two attached hydrogens (primary N) is 1. The molecule has 0 saturated carbocycles. The second-order valence-electron chi connectivity index (χ2n) is 9.89. The van der Waals surface area contributed by atoms with Crippen LogP contribution in [0.4, 0.5) is 16.4 Å². The van der Waals surface area contributed by atoms with Crippen molar-refractivity contribution in [2.24, 2.45) is 11.7 Å². The van der Waals surface area contributed by atoms with Crippen LogP contribution in [0.25, 0.3) is 0 Å². The average Bonchev–Trinajstić information content (AvgIpc) is 3.51. The molecular weight excluding hydrogens is 485 g/mol. The molecule has 5 rings (SSSR count). The Labute approximate surface area is 214 Å². The Balaban J connectivity index is 1.11. The summed E-state index contributed by atoms with van der Waals surface area (Å²) in [5, 5.41) is 4.43. The van der Waals surface area contributed by atoms with Crippen LogP contribution in [0.5, 0.6) is 5.75 Å². The number of halogens is 2. The lowest BCUT2D eigenvalue weighted by Gasteiger charge is -2.30. The molecule has 2 atom stereocenters. The quantitative estimate of drug-likeness (QED) is 0.499. The highest BCUT2D eigenvalue weighted by atomic mass is 35.5. The number of nitrogens with zero attached hydrogens (tertiary/aromatic N) is 6. The first-order chi connectivity index (χ1) is 17.4. The summed E-state index contributed by atoms with van der Waals surface area (Å²) in [6, 6.07) is 5.10. The summed E-state index contributed by atoms with van der Waals surface area (Å²) in [5.41, 5.74) is 6.90. The number of piperidine rings is 1. The topological polar surface area (TPSA) is 106 Å². The summed E-state index contributed by atoms with van der Waals surface area (Å²) in [4.78, 5) is 17.6. The third-order valence-electron chi connectivity index (χ3n) is 6.94. The molecule has 0 bridgehead atoms. The normalized spacial score (nSPS) is 20.9. The molecule has 0 radical (unpaired) electrons. The first-order valence-corrected chi connectivity index (χ1v) is 12.7. The Bertz CT molecular complexity index is 1170. The zero-order valence-corrected chi connectivity index (χ0v) is 21.2. The van der Waals surface area contributed by atoms with E-state index in [0.29, 0.717) is 53.9 Å². The molecule has 0 amide bonds. The summed E-state index contributed by atoms with van der Waals surface area (Å²) >= 11 is 5.89. The van der Waals surface area contributed by atoms with Gasteiger partial charge in [0.25, 0.3) is 0 Å². The van der Waals surface area contributed by atoms with Gasteiger partial charge in [0, 0.05) is 49.1 Å². The van der Waals surface area contributed by atoms with Crippen LogP contribution in [-0.4, -0.2) is 58.9 Å². The van der Waals surface area contributed by atoms with Gasteiger partial charge < -0.3 is 24.8 Å². The van der Waals surface area contributed by atoms with Gasteiger partial charge in [-0.1, -0.05) is 36.7 Å². The molecule has 2 aromatic heterocycles. The molecule has 36 heavy (non-hydrogen) atoms. The number of ether oxygens (including phenoxy) is 1. The van der Waals surface area contributed by atoms with E-state index in [9.17, 15) is 4.39 Å². The molecule has 2 aliphatic rings. The highest BCUT2D eigenvalue weighted by molar-refractivity contribution is 6.30. The van der Waals surface area contributed by atoms with Crippen molar-refractivity contribution in [1.29, 1.82) is 0 Å². The summed E-state index contributed by atoms with van der Waals surface area (Å²) < 4.78 is 25.8. The van der Waals surface area contributed by atoms with E-state index in [1.807, 2.05) is 18.7 Å². The van der Waals surface area contributed by atoms with Crippen molar-refractivity contribution in [2.45, 2.75) is 44.6 Å². The maximum absolute atomic E-state index is 14.4. The molecule has 4 heterocycles. The molecule has 9 nitrogen and oxygen atoms in total. The van der Waals surface area contributed by atoms with Gasteiger partial charge in [0.1, 0.15) is 5.82 Å². The largest absolute Gasteiger partial charge is 0.490 e. The van der Waals surface area contributed by atoms with Crippen LogP contribution in [0.15, 0.2) is 35.1 Å². The summed E-state index contributed by atoms with van der Waals surface area (Å²) in [6.07, 6.45) is 5.33. The Kier molecular flexibility index (Phi) is 7.25. The molecule has 2 saturated heterocycles. The lowest BCUT2D eigenvalue weighted by molar-refractivity contribution is 0.219. The Hall–Kier alpha value is -2.98. The molecule has 0 spiro atoms. The van der Waals surface area contributed by atoms with Crippen LogP contribution in [0.3, 0.4) is 0 Å². The molecule has 11 heteroatoms. The Morgan fingerprint density at radius 1 is 1.17 bits per heavy atom.